The normalized spacial score (nSPS) is 14.6. The Kier molecular flexibility index (Phi) is 6.46. The number of aryl methyl sites for hydroxylation is 2. The van der Waals surface area contributed by atoms with E-state index in [4.69, 9.17) is 14.5 Å². The molecule has 0 fully saturated rings. The van der Waals surface area contributed by atoms with Crippen LogP contribution >= 0.6 is 11.8 Å². The standard InChI is InChI=1S/C27H25N3O4S/c1-17-11-12-19(13-18(17)2)28-25(31)16-35-27-29-22-8-4-3-7-21(22)26(32)30(27)14-20-15-33-23-9-5-6-10-24(23)34-20/h3-13,20H,14-16H2,1-2H3,(H,28,31)/t20-/m1/s1. The average Bonchev–Trinajstić information content (AvgIpc) is 2.87. The number of carbonyl (C=O) groups excluding carboxylic acids is 1. The molecule has 1 aliphatic heterocycles. The zero-order valence-corrected chi connectivity index (χ0v) is 20.3. The van der Waals surface area contributed by atoms with Gasteiger partial charge in [-0.05, 0) is 61.4 Å². The van der Waals surface area contributed by atoms with E-state index < -0.39 is 0 Å². The van der Waals surface area contributed by atoms with E-state index in [-0.39, 0.29) is 29.9 Å². The van der Waals surface area contributed by atoms with E-state index in [1.54, 1.807) is 16.7 Å². The van der Waals surface area contributed by atoms with Crippen molar-refractivity contribution in [3.63, 3.8) is 0 Å². The Morgan fingerprint density at radius 3 is 2.66 bits per heavy atom. The molecule has 1 atom stereocenters. The van der Waals surface area contributed by atoms with Crippen molar-refractivity contribution in [2.24, 2.45) is 0 Å². The molecule has 4 aromatic rings. The van der Waals surface area contributed by atoms with Crippen molar-refractivity contribution >= 4 is 34.3 Å². The van der Waals surface area contributed by atoms with Crippen molar-refractivity contribution in [3.05, 3.63) is 88.2 Å². The first kappa shape index (κ1) is 23.0. The van der Waals surface area contributed by atoms with Crippen molar-refractivity contribution in [1.29, 1.82) is 0 Å². The van der Waals surface area contributed by atoms with Gasteiger partial charge in [0, 0.05) is 5.69 Å². The van der Waals surface area contributed by atoms with Crippen LogP contribution in [0, 0.1) is 13.8 Å². The second-order valence-electron chi connectivity index (χ2n) is 8.46. The first-order chi connectivity index (χ1) is 17.0. The van der Waals surface area contributed by atoms with Crippen molar-refractivity contribution < 1.29 is 14.3 Å². The zero-order valence-electron chi connectivity index (χ0n) is 19.5. The largest absolute Gasteiger partial charge is 0.486 e. The smallest absolute Gasteiger partial charge is 0.262 e. The predicted octanol–water partition coefficient (Wildman–Crippen LogP) is 4.58. The van der Waals surface area contributed by atoms with Gasteiger partial charge in [-0.1, -0.05) is 42.1 Å². The molecule has 8 heteroatoms. The minimum atomic E-state index is -0.366. The molecule has 1 aromatic heterocycles. The number of benzene rings is 3. The van der Waals surface area contributed by atoms with Gasteiger partial charge in [0.05, 0.1) is 23.2 Å². The van der Waals surface area contributed by atoms with Crippen LogP contribution < -0.4 is 20.3 Å². The maximum absolute atomic E-state index is 13.4. The van der Waals surface area contributed by atoms with E-state index >= 15 is 0 Å². The van der Waals surface area contributed by atoms with Crippen LogP contribution in [0.25, 0.3) is 10.9 Å². The van der Waals surface area contributed by atoms with Crippen molar-refractivity contribution in [3.8, 4) is 11.5 Å². The highest BCUT2D eigenvalue weighted by Crippen LogP contribution is 2.31. The van der Waals surface area contributed by atoms with Crippen molar-refractivity contribution in [2.45, 2.75) is 31.7 Å². The third kappa shape index (κ3) is 5.02. The Labute approximate surface area is 207 Å². The summed E-state index contributed by atoms with van der Waals surface area (Å²) in [5, 5.41) is 3.91. The number of hydrogen-bond acceptors (Lipinski definition) is 6. The van der Waals surface area contributed by atoms with E-state index in [0.29, 0.717) is 34.2 Å². The zero-order chi connectivity index (χ0) is 24.4. The van der Waals surface area contributed by atoms with Gasteiger partial charge in [-0.15, -0.1) is 0 Å². The van der Waals surface area contributed by atoms with Gasteiger partial charge in [0.2, 0.25) is 5.91 Å². The summed E-state index contributed by atoms with van der Waals surface area (Å²) in [6.07, 6.45) is -0.366. The molecule has 5 rings (SSSR count). The van der Waals surface area contributed by atoms with Crippen molar-refractivity contribution in [2.75, 3.05) is 17.7 Å². The van der Waals surface area contributed by atoms with Crippen LogP contribution in [-0.4, -0.2) is 33.9 Å². The van der Waals surface area contributed by atoms with Gasteiger partial charge in [0.1, 0.15) is 6.61 Å². The summed E-state index contributed by atoms with van der Waals surface area (Å²) in [4.78, 5) is 30.8. The molecule has 1 aliphatic rings. The molecular weight excluding hydrogens is 462 g/mol. The maximum Gasteiger partial charge on any atom is 0.262 e. The molecule has 3 aromatic carbocycles. The Bertz CT molecular complexity index is 1470. The lowest BCUT2D eigenvalue weighted by Crippen LogP contribution is -2.37. The van der Waals surface area contributed by atoms with E-state index in [1.807, 2.05) is 68.4 Å². The maximum atomic E-state index is 13.4. The molecular formula is C27H25N3O4S. The molecule has 0 spiro atoms. The van der Waals surface area contributed by atoms with Gasteiger partial charge >= 0.3 is 0 Å². The Balaban J connectivity index is 1.38. The number of rotatable bonds is 6. The van der Waals surface area contributed by atoms with Gasteiger partial charge in [0.25, 0.3) is 5.56 Å². The fraction of sp³-hybridized carbons (Fsp3) is 0.222. The van der Waals surface area contributed by atoms with Gasteiger partial charge in [-0.3, -0.25) is 14.2 Å². The van der Waals surface area contributed by atoms with Crippen molar-refractivity contribution in [1.82, 2.24) is 9.55 Å². The third-order valence-corrected chi connectivity index (χ3v) is 6.88. The number of ether oxygens (including phenoxy) is 2. The number of amides is 1. The molecule has 35 heavy (non-hydrogen) atoms. The van der Waals surface area contributed by atoms with Crippen LogP contribution in [0.4, 0.5) is 5.69 Å². The van der Waals surface area contributed by atoms with E-state index in [0.717, 1.165) is 11.3 Å². The number of thioether (sulfide) groups is 1. The van der Waals surface area contributed by atoms with Gasteiger partial charge < -0.3 is 14.8 Å². The summed E-state index contributed by atoms with van der Waals surface area (Å²) >= 11 is 1.23. The molecule has 7 nitrogen and oxygen atoms in total. The van der Waals surface area contributed by atoms with Crippen LogP contribution in [0.5, 0.6) is 11.5 Å². The Morgan fingerprint density at radius 1 is 1.06 bits per heavy atom. The van der Waals surface area contributed by atoms with Crippen LogP contribution in [0.15, 0.2) is 76.7 Å². The molecule has 178 valence electrons. The number of fused-ring (bicyclic) bond motifs is 2. The van der Waals surface area contributed by atoms with E-state index in [9.17, 15) is 9.59 Å². The second-order valence-corrected chi connectivity index (χ2v) is 9.40. The fourth-order valence-electron chi connectivity index (χ4n) is 3.92. The number of carbonyl (C=O) groups is 1. The molecule has 1 amide bonds. The lowest BCUT2D eigenvalue weighted by atomic mass is 10.1. The SMILES string of the molecule is Cc1ccc(NC(=O)CSc2nc3ccccc3c(=O)n2C[C@@H]2COc3ccccc3O2)cc1C. The van der Waals surface area contributed by atoms with Gasteiger partial charge in [0.15, 0.2) is 22.8 Å². The monoisotopic (exact) mass is 487 g/mol. The highest BCUT2D eigenvalue weighted by molar-refractivity contribution is 7.99. The third-order valence-electron chi connectivity index (χ3n) is 5.90. The second kappa shape index (κ2) is 9.84. The Morgan fingerprint density at radius 2 is 1.83 bits per heavy atom. The summed E-state index contributed by atoms with van der Waals surface area (Å²) < 4.78 is 13.5. The average molecular weight is 488 g/mol. The number of para-hydroxylation sites is 3. The summed E-state index contributed by atoms with van der Waals surface area (Å²) in [5.41, 5.74) is 3.44. The summed E-state index contributed by atoms with van der Waals surface area (Å²) in [6, 6.07) is 20.5. The molecule has 2 heterocycles. The summed E-state index contributed by atoms with van der Waals surface area (Å²) in [7, 11) is 0. The van der Waals surface area contributed by atoms with E-state index in [1.165, 1.54) is 17.3 Å². The topological polar surface area (TPSA) is 82.5 Å². The molecule has 0 radical (unpaired) electrons. The highest BCUT2D eigenvalue weighted by atomic mass is 32.2. The van der Waals surface area contributed by atoms with Crippen LogP contribution in [-0.2, 0) is 11.3 Å². The first-order valence-electron chi connectivity index (χ1n) is 11.4. The highest BCUT2D eigenvalue weighted by Gasteiger charge is 2.24. The lowest BCUT2D eigenvalue weighted by Gasteiger charge is -2.27. The van der Waals surface area contributed by atoms with Gasteiger partial charge in [-0.25, -0.2) is 4.98 Å². The van der Waals surface area contributed by atoms with Gasteiger partial charge in [-0.2, -0.15) is 0 Å². The quantitative estimate of drug-likeness (QED) is 0.317. The molecule has 0 saturated heterocycles. The summed E-state index contributed by atoms with van der Waals surface area (Å²) in [6.45, 7) is 4.60. The number of nitrogens with zero attached hydrogens (tertiary/aromatic N) is 2. The lowest BCUT2D eigenvalue weighted by molar-refractivity contribution is -0.113. The number of hydrogen-bond donors (Lipinski definition) is 1. The number of nitrogens with one attached hydrogen (secondary N) is 1. The first-order valence-corrected chi connectivity index (χ1v) is 12.3. The minimum Gasteiger partial charge on any atom is -0.486 e. The summed E-state index contributed by atoms with van der Waals surface area (Å²) in [5.74, 6) is 1.28. The minimum absolute atomic E-state index is 0.114. The van der Waals surface area contributed by atoms with E-state index in [2.05, 4.69) is 5.32 Å². The molecule has 0 aliphatic carbocycles. The fourth-order valence-corrected chi connectivity index (χ4v) is 4.73. The molecule has 1 N–H and O–H groups in total. The van der Waals surface area contributed by atoms with Crippen LogP contribution in [0.1, 0.15) is 11.1 Å². The predicted molar refractivity (Wildman–Crippen MR) is 138 cm³/mol. The van der Waals surface area contributed by atoms with Crippen LogP contribution in [0.3, 0.4) is 0 Å². The van der Waals surface area contributed by atoms with Crippen LogP contribution in [0.2, 0.25) is 0 Å². The molecule has 0 bridgehead atoms. The number of aromatic nitrogens is 2. The molecule has 0 saturated carbocycles. The number of anilines is 1. The molecule has 0 unspecified atom stereocenters. The Hall–Kier alpha value is -3.78.